The Morgan fingerprint density at radius 2 is 1.62 bits per heavy atom. The van der Waals surface area contributed by atoms with Crippen molar-refractivity contribution in [2.24, 2.45) is 0 Å². The highest BCUT2D eigenvalue weighted by molar-refractivity contribution is 7.89. The molecule has 29 heavy (non-hydrogen) atoms. The zero-order chi connectivity index (χ0) is 20.6. The predicted molar refractivity (Wildman–Crippen MR) is 109 cm³/mol. The van der Waals surface area contributed by atoms with Crippen molar-refractivity contribution in [3.63, 3.8) is 0 Å². The second-order valence-corrected chi connectivity index (χ2v) is 9.01. The van der Waals surface area contributed by atoms with Crippen molar-refractivity contribution in [3.05, 3.63) is 75.6 Å². The van der Waals surface area contributed by atoms with Crippen molar-refractivity contribution in [2.45, 2.75) is 4.90 Å². The summed E-state index contributed by atoms with van der Waals surface area (Å²) >= 11 is 5.82. The molecule has 2 aromatic carbocycles. The Labute approximate surface area is 172 Å². The molecule has 1 saturated heterocycles. The summed E-state index contributed by atoms with van der Waals surface area (Å²) in [7, 11) is -3.67. The molecule has 1 amide bonds. The Morgan fingerprint density at radius 1 is 0.966 bits per heavy atom. The molecular formula is C20H17ClN2O5S. The van der Waals surface area contributed by atoms with Gasteiger partial charge in [-0.05, 0) is 36.4 Å². The third-order valence-corrected chi connectivity index (χ3v) is 7.01. The minimum Gasteiger partial charge on any atom is -0.422 e. The maximum absolute atomic E-state index is 12.8. The van der Waals surface area contributed by atoms with E-state index in [0.717, 1.165) is 0 Å². The molecule has 4 rings (SSSR count). The molecule has 1 fully saturated rings. The molecule has 0 bridgehead atoms. The monoisotopic (exact) mass is 432 g/mol. The number of amides is 1. The van der Waals surface area contributed by atoms with Crippen LogP contribution in [0.15, 0.2) is 68.7 Å². The number of hydrogen-bond donors (Lipinski definition) is 0. The minimum atomic E-state index is -3.67. The van der Waals surface area contributed by atoms with Crippen LogP contribution in [0, 0.1) is 0 Å². The molecule has 0 atom stereocenters. The van der Waals surface area contributed by atoms with E-state index < -0.39 is 21.6 Å². The van der Waals surface area contributed by atoms with E-state index in [0.29, 0.717) is 16.0 Å². The number of halogens is 1. The van der Waals surface area contributed by atoms with Gasteiger partial charge < -0.3 is 9.32 Å². The predicted octanol–water partition coefficient (Wildman–Crippen LogP) is 2.59. The average Bonchev–Trinajstić information content (AvgIpc) is 2.73. The molecule has 9 heteroatoms. The minimum absolute atomic E-state index is 0.0577. The topological polar surface area (TPSA) is 87.9 Å². The van der Waals surface area contributed by atoms with Crippen molar-refractivity contribution in [1.29, 1.82) is 0 Å². The lowest BCUT2D eigenvalue weighted by atomic mass is 10.1. The number of piperazine rings is 1. The number of carbonyl (C=O) groups is 1. The molecule has 2 heterocycles. The third-order valence-electron chi connectivity index (χ3n) is 4.85. The summed E-state index contributed by atoms with van der Waals surface area (Å²) in [6.07, 6.45) is 0. The fourth-order valence-electron chi connectivity index (χ4n) is 3.27. The number of hydrogen-bond acceptors (Lipinski definition) is 5. The zero-order valence-corrected chi connectivity index (χ0v) is 16.8. The highest BCUT2D eigenvalue weighted by atomic mass is 35.5. The summed E-state index contributed by atoms with van der Waals surface area (Å²) < 4.78 is 32.1. The highest BCUT2D eigenvalue weighted by Crippen LogP contribution is 2.21. The Bertz CT molecular complexity index is 1230. The first kappa shape index (κ1) is 19.6. The van der Waals surface area contributed by atoms with Crippen LogP contribution in [0.25, 0.3) is 11.0 Å². The molecule has 150 valence electrons. The van der Waals surface area contributed by atoms with Crippen LogP contribution in [0.2, 0.25) is 5.02 Å². The SMILES string of the molecule is O=C(c1cc2ccccc2oc1=O)N1CCN(S(=O)(=O)c2ccc(Cl)cc2)CC1. The van der Waals surface area contributed by atoms with E-state index >= 15 is 0 Å². The first-order chi connectivity index (χ1) is 13.9. The Hall–Kier alpha value is -2.68. The number of nitrogens with zero attached hydrogens (tertiary/aromatic N) is 2. The molecule has 1 aromatic heterocycles. The van der Waals surface area contributed by atoms with E-state index in [1.807, 2.05) is 0 Å². The van der Waals surface area contributed by atoms with Crippen molar-refractivity contribution in [2.75, 3.05) is 26.2 Å². The molecular weight excluding hydrogens is 416 g/mol. The number of carbonyl (C=O) groups excluding carboxylic acids is 1. The first-order valence-corrected chi connectivity index (χ1v) is 10.8. The third kappa shape index (κ3) is 3.78. The number of sulfonamides is 1. The van der Waals surface area contributed by atoms with Gasteiger partial charge >= 0.3 is 5.63 Å². The van der Waals surface area contributed by atoms with Gasteiger partial charge in [-0.25, -0.2) is 13.2 Å². The van der Waals surface area contributed by atoms with Gasteiger partial charge in [-0.15, -0.1) is 0 Å². The van der Waals surface area contributed by atoms with E-state index in [9.17, 15) is 18.0 Å². The second kappa shape index (κ2) is 7.62. The quantitative estimate of drug-likeness (QED) is 0.593. The van der Waals surface area contributed by atoms with Crippen LogP contribution >= 0.6 is 11.6 Å². The number of para-hydroxylation sites is 1. The summed E-state index contributed by atoms with van der Waals surface area (Å²) in [5.74, 6) is -0.465. The number of benzene rings is 2. The van der Waals surface area contributed by atoms with Gasteiger partial charge in [0.25, 0.3) is 5.91 Å². The second-order valence-electron chi connectivity index (χ2n) is 6.64. The summed E-state index contributed by atoms with van der Waals surface area (Å²) in [6.45, 7) is 0.626. The van der Waals surface area contributed by atoms with Crippen LogP contribution in [0.3, 0.4) is 0 Å². The lowest BCUT2D eigenvalue weighted by molar-refractivity contribution is 0.0694. The smallest absolute Gasteiger partial charge is 0.349 e. The molecule has 0 aliphatic carbocycles. The summed E-state index contributed by atoms with van der Waals surface area (Å²) in [5.41, 5.74) is -0.351. The van der Waals surface area contributed by atoms with Gasteiger partial charge in [0.2, 0.25) is 10.0 Å². The van der Waals surface area contributed by atoms with Crippen LogP contribution in [0.4, 0.5) is 0 Å². The maximum Gasteiger partial charge on any atom is 0.349 e. The number of fused-ring (bicyclic) bond motifs is 1. The molecule has 3 aromatic rings. The van der Waals surface area contributed by atoms with Crippen molar-refractivity contribution < 1.29 is 17.6 Å². The van der Waals surface area contributed by atoms with Gasteiger partial charge in [0.05, 0.1) is 4.90 Å². The molecule has 0 unspecified atom stereocenters. The summed E-state index contributed by atoms with van der Waals surface area (Å²) in [4.78, 5) is 26.7. The number of rotatable bonds is 3. The van der Waals surface area contributed by atoms with Crippen LogP contribution in [-0.2, 0) is 10.0 Å². The molecule has 0 radical (unpaired) electrons. The fourth-order valence-corrected chi connectivity index (χ4v) is 4.82. The van der Waals surface area contributed by atoms with Gasteiger partial charge in [-0.1, -0.05) is 29.8 Å². The van der Waals surface area contributed by atoms with Gasteiger partial charge in [-0.3, -0.25) is 4.79 Å². The van der Waals surface area contributed by atoms with Gasteiger partial charge in [0.1, 0.15) is 11.1 Å². The van der Waals surface area contributed by atoms with E-state index in [4.69, 9.17) is 16.0 Å². The Kier molecular flexibility index (Phi) is 5.16. The largest absolute Gasteiger partial charge is 0.422 e. The molecule has 7 nitrogen and oxygen atoms in total. The summed E-state index contributed by atoms with van der Waals surface area (Å²) in [5, 5.41) is 1.10. The van der Waals surface area contributed by atoms with Crippen LogP contribution in [0.1, 0.15) is 10.4 Å². The average molecular weight is 433 g/mol. The zero-order valence-electron chi connectivity index (χ0n) is 15.2. The molecule has 1 aliphatic rings. The van der Waals surface area contributed by atoms with E-state index in [1.54, 1.807) is 24.3 Å². The molecule has 0 spiro atoms. The first-order valence-electron chi connectivity index (χ1n) is 8.94. The maximum atomic E-state index is 12.8. The van der Waals surface area contributed by atoms with Gasteiger partial charge in [0.15, 0.2) is 0 Å². The van der Waals surface area contributed by atoms with Crippen LogP contribution < -0.4 is 5.63 Å². The normalized spacial score (nSPS) is 15.6. The molecule has 1 aliphatic heterocycles. The van der Waals surface area contributed by atoms with E-state index in [2.05, 4.69) is 0 Å². The van der Waals surface area contributed by atoms with Gasteiger partial charge in [-0.2, -0.15) is 4.31 Å². The highest BCUT2D eigenvalue weighted by Gasteiger charge is 2.31. The summed E-state index contributed by atoms with van der Waals surface area (Å²) in [6, 6.07) is 14.4. The molecule has 0 N–H and O–H groups in total. The lowest BCUT2D eigenvalue weighted by Crippen LogP contribution is -2.51. The van der Waals surface area contributed by atoms with E-state index in [-0.39, 0.29) is 36.6 Å². The van der Waals surface area contributed by atoms with Crippen molar-refractivity contribution in [1.82, 2.24) is 9.21 Å². The van der Waals surface area contributed by atoms with E-state index in [1.165, 1.54) is 39.5 Å². The molecule has 0 saturated carbocycles. The Balaban J connectivity index is 1.51. The van der Waals surface area contributed by atoms with Crippen molar-refractivity contribution >= 4 is 38.5 Å². The standard InChI is InChI=1S/C20H17ClN2O5S/c21-15-5-7-16(8-6-15)29(26,27)23-11-9-22(10-12-23)19(24)17-13-14-3-1-2-4-18(14)28-20(17)25/h1-8,13H,9-12H2. The van der Waals surface area contributed by atoms with Gasteiger partial charge in [0, 0.05) is 36.6 Å². The lowest BCUT2D eigenvalue weighted by Gasteiger charge is -2.33. The van der Waals surface area contributed by atoms with Crippen LogP contribution in [0.5, 0.6) is 0 Å². The fraction of sp³-hybridized carbons (Fsp3) is 0.200. The van der Waals surface area contributed by atoms with Crippen molar-refractivity contribution in [3.8, 4) is 0 Å². The van der Waals surface area contributed by atoms with Crippen LogP contribution in [-0.4, -0.2) is 49.7 Å². The Morgan fingerprint density at radius 3 is 2.31 bits per heavy atom.